The zero-order valence-corrected chi connectivity index (χ0v) is 84.7. The molecule has 0 aromatic heterocycles. The van der Waals surface area contributed by atoms with Gasteiger partial charge in [0.05, 0.1) is 0 Å². The molecule has 0 amide bonds. The van der Waals surface area contributed by atoms with E-state index >= 15 is 0 Å². The van der Waals surface area contributed by atoms with Gasteiger partial charge >= 0.3 is 0 Å². The molecule has 0 fully saturated rings. The van der Waals surface area contributed by atoms with Crippen LogP contribution in [0.3, 0.4) is 0 Å². The molecule has 0 unspecified atom stereocenters. The molecule has 0 heteroatoms. The molecule has 32 aromatic rings. The van der Waals surface area contributed by atoms with Crippen molar-refractivity contribution < 1.29 is 0 Å². The topological polar surface area (TPSA) is 0 Å². The minimum absolute atomic E-state index is 1.25. The number of aryl methyl sites for hydroxylation is 6. The molecule has 0 nitrogen and oxygen atoms in total. The van der Waals surface area contributed by atoms with E-state index in [2.05, 4.69) is 563 Å². The van der Waals surface area contributed by atoms with Crippen LogP contribution in [-0.2, 0) is 0 Å². The minimum Gasteiger partial charge on any atom is -0.0622 e. The highest BCUT2D eigenvalue weighted by Crippen LogP contribution is 2.52. The third-order valence-electron chi connectivity index (χ3n) is 32.1. The van der Waals surface area contributed by atoms with Crippen LogP contribution in [-0.4, -0.2) is 0 Å². The molecule has 0 saturated heterocycles. The zero-order chi connectivity index (χ0) is 100. The third kappa shape index (κ3) is 15.4. The van der Waals surface area contributed by atoms with Crippen molar-refractivity contribution in [2.75, 3.05) is 0 Å². The van der Waals surface area contributed by atoms with Crippen LogP contribution in [0.4, 0.5) is 0 Å². The molecule has 0 radical (unpaired) electrons. The van der Waals surface area contributed by atoms with Gasteiger partial charge in [0, 0.05) is 0 Å². The molecule has 0 bridgehead atoms. The molecule has 0 saturated carbocycles. The standard InChI is InChI=1S/C35H24.C29H20.3C23H16.C17H12/c1-23-21-31(24-11-5-2-6-12-24)28-19-20-30-33(26-15-9-4-10-16-26)22-32(25-13-7-3-8-14-25)29-18-17-27(23)34(28)35(29)30;1-19-12-13-22-14-15-24-26(20-8-4-2-5-9-20)18-27(21-10-6-3-7-11-21)25-17-16-23(19)28(22)29(24)25;1-15-14-21(16-6-3-2-4-7-16)20-13-11-18-9-5-8-17-10-12-19(15)23(20)22(17)18;1-15-7-8-17-11-14-21-20(16-5-3-2-4-6-16)13-10-18-9-12-19(15)22(17)23(18)21;1-15-7-8-17-9-10-18-11-12-20(16-5-3-2-4-6-16)21-14-13-19(15)22(17)23(18)21;1-11-5-6-14-8-7-12-3-2-4-13-9-10-15(11)17(14)16(12)13/h2-22H,1H3;2-18H,1H3;3*2-14H,1H3;2-10H,1H3. The second-order valence-corrected chi connectivity index (χ2v) is 40.8. The van der Waals surface area contributed by atoms with Gasteiger partial charge in [-0.1, -0.05) is 510 Å². The van der Waals surface area contributed by atoms with Crippen molar-refractivity contribution in [3.05, 3.63) is 555 Å². The Balaban J connectivity index is 0.0000000896. The summed E-state index contributed by atoms with van der Waals surface area (Å²) in [6, 6.07) is 190. The lowest BCUT2D eigenvalue weighted by Gasteiger charge is -2.20. The molecule has 0 aliphatic rings. The molecule has 0 aliphatic carbocycles. The Morgan fingerprint density at radius 1 is 0.0867 bits per heavy atom. The van der Waals surface area contributed by atoms with Crippen LogP contribution in [0.15, 0.2) is 522 Å². The summed E-state index contributed by atoms with van der Waals surface area (Å²) in [5.41, 5.74) is 28.6. The fourth-order valence-electron chi connectivity index (χ4n) is 24.9. The van der Waals surface area contributed by atoms with Crippen molar-refractivity contribution in [2.45, 2.75) is 41.5 Å². The van der Waals surface area contributed by atoms with Crippen LogP contribution in [0, 0.1) is 41.5 Å². The van der Waals surface area contributed by atoms with Gasteiger partial charge in [-0.15, -0.1) is 0 Å². The minimum atomic E-state index is 1.25. The maximum absolute atomic E-state index is 2.39. The molecular weight excluding hydrogens is 1800 g/mol. The number of rotatable bonds is 8. The summed E-state index contributed by atoms with van der Waals surface area (Å²) in [6.07, 6.45) is 0. The molecule has 32 aromatic carbocycles. The lowest BCUT2D eigenvalue weighted by molar-refractivity contribution is 1.53. The summed E-state index contributed by atoms with van der Waals surface area (Å²) < 4.78 is 0. The van der Waals surface area contributed by atoms with Crippen LogP contribution in [0.1, 0.15) is 33.4 Å². The monoisotopic (exact) mass is 1900 g/mol. The van der Waals surface area contributed by atoms with Gasteiger partial charge in [-0.25, -0.2) is 0 Å². The second-order valence-electron chi connectivity index (χ2n) is 40.8. The Morgan fingerprint density at radius 3 is 0.500 bits per heavy atom. The molecule has 0 aliphatic heterocycles. The molecule has 32 rings (SSSR count). The summed E-state index contributed by atoms with van der Waals surface area (Å²) in [5.74, 6) is 0. The summed E-state index contributed by atoms with van der Waals surface area (Å²) in [5, 5.41) is 48.8. The SMILES string of the molecule is Cc1cc(-c2ccccc2)c2ccc3c(-c4ccccc4)cc(-c4ccccc4)c4ccc1c2c43.Cc1cc(-c2ccccc2)c2ccc3cccc4ccc1c2c43.Cc1ccc2ccc3c(-c4ccccc4)cc(-c4ccccc4)c4ccc1c2c34.Cc1ccc2ccc3c(-c4ccccc4)ccc4ccc1c2c43.Cc1ccc2ccc3ccc(-c4ccccc4)c4ccc1c2c34.Cc1ccc2ccc3cccc4ccc1c2c34. The Kier molecular flexibility index (Phi) is 22.5. The Hall–Kier alpha value is -18.7. The Bertz CT molecular complexity index is 10400. The van der Waals surface area contributed by atoms with Crippen molar-refractivity contribution in [3.8, 4) is 89.0 Å². The maximum Gasteiger partial charge on any atom is -0.00140 e. The summed E-state index contributed by atoms with van der Waals surface area (Å²) in [4.78, 5) is 0. The van der Waals surface area contributed by atoms with Gasteiger partial charge in [-0.05, 0) is 370 Å². The number of benzene rings is 32. The summed E-state index contributed by atoms with van der Waals surface area (Å²) in [6.45, 7) is 13.3. The average molecular weight is 1910 g/mol. The van der Waals surface area contributed by atoms with Crippen molar-refractivity contribution in [3.63, 3.8) is 0 Å². The van der Waals surface area contributed by atoms with Crippen LogP contribution in [0.25, 0.3) is 283 Å². The highest BCUT2D eigenvalue weighted by atomic mass is 14.3. The second kappa shape index (κ2) is 37.4. The van der Waals surface area contributed by atoms with E-state index in [1.807, 2.05) is 0 Å². The van der Waals surface area contributed by atoms with Crippen LogP contribution in [0.5, 0.6) is 0 Å². The third-order valence-corrected chi connectivity index (χ3v) is 32.1. The van der Waals surface area contributed by atoms with Crippen molar-refractivity contribution in [1.29, 1.82) is 0 Å². The lowest BCUT2D eigenvalue weighted by atomic mass is 9.83. The number of hydrogen-bond acceptors (Lipinski definition) is 0. The van der Waals surface area contributed by atoms with E-state index in [9.17, 15) is 0 Å². The van der Waals surface area contributed by atoms with Crippen LogP contribution >= 0.6 is 0 Å². The molecule has 0 N–H and O–H groups in total. The molecule has 0 heterocycles. The first-order chi connectivity index (χ1) is 73.9. The normalized spacial score (nSPS) is 11.7. The molecule has 150 heavy (non-hydrogen) atoms. The average Bonchev–Trinajstić information content (AvgIpc) is 0.660. The molecule has 0 atom stereocenters. The highest BCUT2D eigenvalue weighted by molar-refractivity contribution is 6.34. The zero-order valence-electron chi connectivity index (χ0n) is 84.7. The van der Waals surface area contributed by atoms with E-state index in [1.54, 1.807) is 0 Å². The van der Waals surface area contributed by atoms with Gasteiger partial charge < -0.3 is 0 Å². The van der Waals surface area contributed by atoms with E-state index in [0.717, 1.165) is 0 Å². The number of hydrogen-bond donors (Lipinski definition) is 0. The first-order valence-electron chi connectivity index (χ1n) is 52.5. The first kappa shape index (κ1) is 90.1. The fraction of sp³-hybridized carbons (Fsp3) is 0.0400. The molecule has 0 spiro atoms. The van der Waals surface area contributed by atoms with Crippen LogP contribution < -0.4 is 0 Å². The van der Waals surface area contributed by atoms with Gasteiger partial charge in [0.25, 0.3) is 0 Å². The quantitative estimate of drug-likeness (QED) is 0.133. The Morgan fingerprint density at radius 2 is 0.233 bits per heavy atom. The van der Waals surface area contributed by atoms with Gasteiger partial charge in [0.1, 0.15) is 0 Å². The van der Waals surface area contributed by atoms with Gasteiger partial charge in [0.15, 0.2) is 0 Å². The molecular formula is C150H104. The first-order valence-corrected chi connectivity index (χ1v) is 52.5. The van der Waals surface area contributed by atoms with Gasteiger partial charge in [-0.2, -0.15) is 0 Å². The van der Waals surface area contributed by atoms with Crippen molar-refractivity contribution in [2.24, 2.45) is 0 Å². The fourth-order valence-corrected chi connectivity index (χ4v) is 24.9. The van der Waals surface area contributed by atoms with E-state index in [1.165, 1.54) is 316 Å². The lowest BCUT2D eigenvalue weighted by Crippen LogP contribution is -1.93. The van der Waals surface area contributed by atoms with E-state index in [4.69, 9.17) is 0 Å². The predicted octanol–water partition coefficient (Wildman–Crippen LogP) is 42.7. The van der Waals surface area contributed by atoms with Gasteiger partial charge in [0.2, 0.25) is 0 Å². The summed E-state index contributed by atoms with van der Waals surface area (Å²) in [7, 11) is 0. The largest absolute Gasteiger partial charge is 0.0622 e. The van der Waals surface area contributed by atoms with E-state index in [-0.39, 0.29) is 0 Å². The van der Waals surface area contributed by atoms with E-state index in [0.29, 0.717) is 0 Å². The predicted molar refractivity (Wildman–Crippen MR) is 653 cm³/mol. The van der Waals surface area contributed by atoms with E-state index < -0.39 is 0 Å². The van der Waals surface area contributed by atoms with Crippen molar-refractivity contribution >= 4 is 194 Å². The van der Waals surface area contributed by atoms with Crippen molar-refractivity contribution in [1.82, 2.24) is 0 Å². The highest BCUT2D eigenvalue weighted by Gasteiger charge is 2.25. The smallest absolute Gasteiger partial charge is 0.00140 e. The molecule has 704 valence electrons. The van der Waals surface area contributed by atoms with Crippen LogP contribution in [0.2, 0.25) is 0 Å². The van der Waals surface area contributed by atoms with Gasteiger partial charge in [-0.3, -0.25) is 0 Å². The maximum atomic E-state index is 2.39. The summed E-state index contributed by atoms with van der Waals surface area (Å²) >= 11 is 0. The Labute approximate surface area is 873 Å².